The highest BCUT2D eigenvalue weighted by Gasteiger charge is 2.34. The van der Waals surface area contributed by atoms with E-state index < -0.39 is 5.79 Å². The van der Waals surface area contributed by atoms with Crippen LogP contribution in [-0.4, -0.2) is 24.0 Å². The molecule has 1 aromatic rings. The van der Waals surface area contributed by atoms with Gasteiger partial charge in [0, 0.05) is 12.8 Å². The molecule has 4 heteroatoms. The maximum absolute atomic E-state index is 11.3. The Balaban J connectivity index is 1.98. The average molecular weight is 278 g/mol. The zero-order valence-electron chi connectivity index (χ0n) is 12.1. The van der Waals surface area contributed by atoms with Crippen molar-refractivity contribution < 1.29 is 19.4 Å². The van der Waals surface area contributed by atoms with Gasteiger partial charge in [-0.3, -0.25) is 0 Å². The standard InChI is InChI=1S/C16H22O4/c1-3-12-8-10-16(18,11-9-12)20-14-6-4-13(5-7-14)15(17)19-2/h4-7,12,18H,3,8-11H2,1-2H3. The van der Waals surface area contributed by atoms with Crippen molar-refractivity contribution >= 4 is 5.97 Å². The van der Waals surface area contributed by atoms with Crippen LogP contribution in [-0.2, 0) is 4.74 Å². The molecule has 20 heavy (non-hydrogen) atoms. The van der Waals surface area contributed by atoms with E-state index >= 15 is 0 Å². The van der Waals surface area contributed by atoms with E-state index in [1.54, 1.807) is 24.3 Å². The van der Waals surface area contributed by atoms with Crippen LogP contribution >= 0.6 is 0 Å². The Morgan fingerprint density at radius 2 is 1.90 bits per heavy atom. The van der Waals surface area contributed by atoms with Crippen LogP contribution in [0.4, 0.5) is 0 Å². The lowest BCUT2D eigenvalue weighted by molar-refractivity contribution is -0.165. The van der Waals surface area contributed by atoms with E-state index in [-0.39, 0.29) is 5.97 Å². The molecule has 4 nitrogen and oxygen atoms in total. The van der Waals surface area contributed by atoms with Gasteiger partial charge in [-0.1, -0.05) is 13.3 Å². The Hall–Kier alpha value is -1.55. The second kappa shape index (κ2) is 6.27. The Labute approximate surface area is 119 Å². The molecule has 0 unspecified atom stereocenters. The Bertz CT molecular complexity index is 444. The van der Waals surface area contributed by atoms with E-state index in [0.29, 0.717) is 30.1 Å². The molecule has 0 aromatic heterocycles. The molecule has 1 aliphatic rings. The summed E-state index contributed by atoms with van der Waals surface area (Å²) < 4.78 is 10.3. The molecular weight excluding hydrogens is 256 g/mol. The van der Waals surface area contributed by atoms with Gasteiger partial charge in [-0.25, -0.2) is 4.79 Å². The van der Waals surface area contributed by atoms with Crippen molar-refractivity contribution in [2.45, 2.75) is 44.8 Å². The molecule has 0 saturated heterocycles. The maximum atomic E-state index is 11.3. The topological polar surface area (TPSA) is 55.8 Å². The monoisotopic (exact) mass is 278 g/mol. The van der Waals surface area contributed by atoms with E-state index in [1.165, 1.54) is 7.11 Å². The fraction of sp³-hybridized carbons (Fsp3) is 0.562. The molecule has 0 atom stereocenters. The molecule has 1 saturated carbocycles. The van der Waals surface area contributed by atoms with Crippen LogP contribution < -0.4 is 4.74 Å². The molecule has 0 amide bonds. The molecule has 1 fully saturated rings. The molecule has 1 aromatic carbocycles. The zero-order chi connectivity index (χ0) is 14.6. The highest BCUT2D eigenvalue weighted by atomic mass is 16.6. The summed E-state index contributed by atoms with van der Waals surface area (Å²) in [5.74, 6) is -0.173. The molecule has 0 radical (unpaired) electrons. The number of hydrogen-bond donors (Lipinski definition) is 1. The van der Waals surface area contributed by atoms with Gasteiger partial charge in [0.1, 0.15) is 5.75 Å². The minimum absolute atomic E-state index is 0.376. The predicted octanol–water partition coefficient (Wildman–Crippen LogP) is 3.14. The second-order valence-corrected chi connectivity index (χ2v) is 5.42. The minimum Gasteiger partial charge on any atom is -0.465 e. The number of hydrogen-bond acceptors (Lipinski definition) is 4. The third kappa shape index (κ3) is 3.51. The van der Waals surface area contributed by atoms with Crippen LogP contribution in [0.1, 0.15) is 49.4 Å². The third-order valence-electron chi connectivity index (χ3n) is 4.05. The third-order valence-corrected chi connectivity index (χ3v) is 4.05. The molecule has 1 N–H and O–H groups in total. The smallest absolute Gasteiger partial charge is 0.337 e. The van der Waals surface area contributed by atoms with E-state index in [0.717, 1.165) is 19.3 Å². The molecular formula is C16H22O4. The molecule has 110 valence electrons. The van der Waals surface area contributed by atoms with Crippen molar-refractivity contribution in [2.24, 2.45) is 5.92 Å². The first-order valence-corrected chi connectivity index (χ1v) is 7.16. The quantitative estimate of drug-likeness (QED) is 0.679. The van der Waals surface area contributed by atoms with Crippen LogP contribution in [0.5, 0.6) is 5.75 Å². The highest BCUT2D eigenvalue weighted by Crippen LogP contribution is 2.35. The van der Waals surface area contributed by atoms with Gasteiger partial charge < -0.3 is 14.6 Å². The second-order valence-electron chi connectivity index (χ2n) is 5.42. The minimum atomic E-state index is -1.07. The van der Waals surface area contributed by atoms with E-state index in [1.807, 2.05) is 0 Å². The van der Waals surface area contributed by atoms with Gasteiger partial charge in [-0.15, -0.1) is 0 Å². The predicted molar refractivity (Wildman–Crippen MR) is 75.6 cm³/mol. The van der Waals surface area contributed by atoms with Gasteiger partial charge in [0.05, 0.1) is 12.7 Å². The first-order chi connectivity index (χ1) is 9.56. The zero-order valence-corrected chi connectivity index (χ0v) is 12.1. The van der Waals surface area contributed by atoms with E-state index in [9.17, 15) is 9.90 Å². The first-order valence-electron chi connectivity index (χ1n) is 7.16. The fourth-order valence-corrected chi connectivity index (χ4v) is 2.64. The van der Waals surface area contributed by atoms with Crippen LogP contribution in [0.15, 0.2) is 24.3 Å². The van der Waals surface area contributed by atoms with Crippen LogP contribution in [0.2, 0.25) is 0 Å². The molecule has 0 spiro atoms. The molecule has 0 heterocycles. The van der Waals surface area contributed by atoms with Crippen molar-refractivity contribution in [2.75, 3.05) is 7.11 Å². The summed E-state index contributed by atoms with van der Waals surface area (Å²) in [7, 11) is 1.35. The number of methoxy groups -OCH3 is 1. The maximum Gasteiger partial charge on any atom is 0.337 e. The summed E-state index contributed by atoms with van der Waals surface area (Å²) in [4.78, 5) is 11.3. The van der Waals surface area contributed by atoms with Gasteiger partial charge in [-0.05, 0) is 43.0 Å². The number of aliphatic hydroxyl groups is 1. The van der Waals surface area contributed by atoms with Gasteiger partial charge in [0.15, 0.2) is 0 Å². The molecule has 2 rings (SSSR count). The van der Waals surface area contributed by atoms with Crippen molar-refractivity contribution in [3.05, 3.63) is 29.8 Å². The average Bonchev–Trinajstić information content (AvgIpc) is 2.48. The number of benzene rings is 1. The van der Waals surface area contributed by atoms with Gasteiger partial charge in [0.25, 0.3) is 0 Å². The van der Waals surface area contributed by atoms with Crippen LogP contribution in [0.25, 0.3) is 0 Å². The number of carbonyl (C=O) groups excluding carboxylic acids is 1. The van der Waals surface area contributed by atoms with Crippen LogP contribution in [0.3, 0.4) is 0 Å². The van der Waals surface area contributed by atoms with Crippen LogP contribution in [0, 0.1) is 5.92 Å². The van der Waals surface area contributed by atoms with Gasteiger partial charge in [0.2, 0.25) is 5.79 Å². The van der Waals surface area contributed by atoms with Gasteiger partial charge >= 0.3 is 5.97 Å². The Morgan fingerprint density at radius 3 is 2.40 bits per heavy atom. The lowest BCUT2D eigenvalue weighted by atomic mass is 9.84. The molecule has 0 aliphatic heterocycles. The molecule has 1 aliphatic carbocycles. The van der Waals surface area contributed by atoms with Crippen molar-refractivity contribution in [3.8, 4) is 5.75 Å². The van der Waals surface area contributed by atoms with Gasteiger partial charge in [-0.2, -0.15) is 0 Å². The summed E-state index contributed by atoms with van der Waals surface area (Å²) in [6.07, 6.45) is 4.46. The summed E-state index contributed by atoms with van der Waals surface area (Å²) in [5.41, 5.74) is 0.474. The van der Waals surface area contributed by atoms with Crippen molar-refractivity contribution in [3.63, 3.8) is 0 Å². The van der Waals surface area contributed by atoms with E-state index in [4.69, 9.17) is 4.74 Å². The summed E-state index contributed by atoms with van der Waals surface area (Å²) >= 11 is 0. The number of carbonyl (C=O) groups is 1. The Morgan fingerprint density at radius 1 is 1.30 bits per heavy atom. The molecule has 0 bridgehead atoms. The Kier molecular flexibility index (Phi) is 4.65. The largest absolute Gasteiger partial charge is 0.465 e. The van der Waals surface area contributed by atoms with E-state index in [2.05, 4.69) is 11.7 Å². The summed E-state index contributed by atoms with van der Waals surface area (Å²) in [6, 6.07) is 6.66. The normalized spacial score (nSPS) is 26.1. The highest BCUT2D eigenvalue weighted by molar-refractivity contribution is 5.89. The number of esters is 1. The number of ether oxygens (including phenoxy) is 2. The number of rotatable bonds is 4. The SMILES string of the molecule is CCC1CCC(O)(Oc2ccc(C(=O)OC)cc2)CC1. The van der Waals surface area contributed by atoms with Crippen molar-refractivity contribution in [1.82, 2.24) is 0 Å². The fourth-order valence-electron chi connectivity index (χ4n) is 2.64. The summed E-state index contributed by atoms with van der Waals surface area (Å²) in [5, 5.41) is 10.4. The lowest BCUT2D eigenvalue weighted by Crippen LogP contribution is -2.39. The first kappa shape index (κ1) is 14.9. The summed E-state index contributed by atoms with van der Waals surface area (Å²) in [6.45, 7) is 2.18. The van der Waals surface area contributed by atoms with Crippen molar-refractivity contribution in [1.29, 1.82) is 0 Å². The lowest BCUT2D eigenvalue weighted by Gasteiger charge is -2.35.